The first kappa shape index (κ1) is 15.0. The zero-order chi connectivity index (χ0) is 15.5. The van der Waals surface area contributed by atoms with Crippen LogP contribution in [-0.2, 0) is 16.0 Å². The highest BCUT2D eigenvalue weighted by atomic mass is 16.5. The molecule has 0 bridgehead atoms. The van der Waals surface area contributed by atoms with Crippen LogP contribution in [0.3, 0.4) is 0 Å². The molecule has 1 aliphatic heterocycles. The minimum Gasteiger partial charge on any atom is -0.394 e. The molecule has 0 aromatic heterocycles. The van der Waals surface area contributed by atoms with Crippen LogP contribution in [0.4, 0.5) is 0 Å². The Kier molecular flexibility index (Phi) is 4.41. The van der Waals surface area contributed by atoms with E-state index in [4.69, 9.17) is 4.74 Å². The quantitative estimate of drug-likeness (QED) is 0.943. The van der Waals surface area contributed by atoms with E-state index in [0.717, 1.165) is 10.9 Å². The number of hydrogen-bond donors (Lipinski definition) is 1. The number of aliphatic hydroxyl groups is 1. The van der Waals surface area contributed by atoms with Crippen LogP contribution in [0.15, 0.2) is 42.5 Å². The van der Waals surface area contributed by atoms with Crippen LogP contribution >= 0.6 is 0 Å². The highest BCUT2D eigenvalue weighted by molar-refractivity contribution is 5.85. The van der Waals surface area contributed by atoms with Crippen LogP contribution in [0.5, 0.6) is 0 Å². The summed E-state index contributed by atoms with van der Waals surface area (Å²) in [5, 5.41) is 11.6. The maximum absolute atomic E-state index is 12.6. The highest BCUT2D eigenvalue weighted by Crippen LogP contribution is 2.18. The summed E-state index contributed by atoms with van der Waals surface area (Å²) < 4.78 is 5.48. The predicted octanol–water partition coefficient (Wildman–Crippen LogP) is 1.99. The molecule has 4 heteroatoms. The molecule has 2 unspecified atom stereocenters. The summed E-state index contributed by atoms with van der Waals surface area (Å²) in [5.74, 6) is 0.0875. The minimum atomic E-state index is -0.267. The number of carbonyl (C=O) groups excluding carboxylic acids is 1. The number of fused-ring (bicyclic) bond motifs is 1. The third-order valence-corrected chi connectivity index (χ3v) is 4.20. The smallest absolute Gasteiger partial charge is 0.227 e. The van der Waals surface area contributed by atoms with Crippen molar-refractivity contribution in [2.75, 3.05) is 19.8 Å². The van der Waals surface area contributed by atoms with Gasteiger partial charge in [-0.25, -0.2) is 0 Å². The van der Waals surface area contributed by atoms with Crippen LogP contribution < -0.4 is 0 Å². The van der Waals surface area contributed by atoms with E-state index in [1.165, 1.54) is 5.39 Å². The van der Waals surface area contributed by atoms with Gasteiger partial charge in [0.05, 0.1) is 31.8 Å². The van der Waals surface area contributed by atoms with E-state index in [1.54, 1.807) is 0 Å². The van der Waals surface area contributed by atoms with Gasteiger partial charge in [0.15, 0.2) is 0 Å². The standard InChI is InChI=1S/C18H21NO3/c1-13-12-22-17(11-20)10-19(13)18(21)9-14-6-7-15-4-2-3-5-16(15)8-14/h2-8,13,17,20H,9-12H2,1H3. The second-order valence-electron chi connectivity index (χ2n) is 5.89. The Morgan fingerprint density at radius 3 is 2.82 bits per heavy atom. The fraction of sp³-hybridized carbons (Fsp3) is 0.389. The number of nitrogens with zero attached hydrogens (tertiary/aromatic N) is 1. The lowest BCUT2D eigenvalue weighted by atomic mass is 10.0. The zero-order valence-corrected chi connectivity index (χ0v) is 12.7. The van der Waals surface area contributed by atoms with Gasteiger partial charge in [-0.3, -0.25) is 4.79 Å². The van der Waals surface area contributed by atoms with Crippen LogP contribution in [0.25, 0.3) is 10.8 Å². The Balaban J connectivity index is 1.74. The average Bonchev–Trinajstić information content (AvgIpc) is 2.55. The minimum absolute atomic E-state index is 0.0491. The van der Waals surface area contributed by atoms with E-state index < -0.39 is 0 Å². The molecule has 3 rings (SSSR count). The van der Waals surface area contributed by atoms with E-state index in [2.05, 4.69) is 24.3 Å². The molecule has 2 aromatic rings. The number of carbonyl (C=O) groups is 1. The van der Waals surface area contributed by atoms with Gasteiger partial charge >= 0.3 is 0 Å². The number of hydrogen-bond acceptors (Lipinski definition) is 3. The van der Waals surface area contributed by atoms with Gasteiger partial charge in [-0.2, -0.15) is 0 Å². The molecule has 116 valence electrons. The molecule has 0 radical (unpaired) electrons. The molecule has 0 saturated carbocycles. The van der Waals surface area contributed by atoms with Crippen LogP contribution in [0.2, 0.25) is 0 Å². The van der Waals surface area contributed by atoms with Gasteiger partial charge in [0.25, 0.3) is 0 Å². The summed E-state index contributed by atoms with van der Waals surface area (Å²) in [4.78, 5) is 14.4. The Hall–Kier alpha value is -1.91. The maximum atomic E-state index is 12.6. The largest absolute Gasteiger partial charge is 0.394 e. The number of amides is 1. The summed E-state index contributed by atoms with van der Waals surface area (Å²) >= 11 is 0. The van der Waals surface area contributed by atoms with Gasteiger partial charge < -0.3 is 14.7 Å². The predicted molar refractivity (Wildman–Crippen MR) is 85.7 cm³/mol. The van der Waals surface area contributed by atoms with E-state index in [-0.39, 0.29) is 24.7 Å². The number of morpholine rings is 1. The zero-order valence-electron chi connectivity index (χ0n) is 12.7. The van der Waals surface area contributed by atoms with Crippen molar-refractivity contribution in [2.24, 2.45) is 0 Å². The molecule has 4 nitrogen and oxygen atoms in total. The number of rotatable bonds is 3. The second kappa shape index (κ2) is 6.46. The van der Waals surface area contributed by atoms with Gasteiger partial charge in [-0.15, -0.1) is 0 Å². The van der Waals surface area contributed by atoms with Crippen molar-refractivity contribution in [3.63, 3.8) is 0 Å². The normalized spacial score (nSPS) is 22.0. The monoisotopic (exact) mass is 299 g/mol. The molecule has 2 aromatic carbocycles. The highest BCUT2D eigenvalue weighted by Gasteiger charge is 2.29. The van der Waals surface area contributed by atoms with Crippen molar-refractivity contribution in [3.05, 3.63) is 48.0 Å². The first-order chi connectivity index (χ1) is 10.7. The third kappa shape index (κ3) is 3.13. The first-order valence-corrected chi connectivity index (χ1v) is 7.67. The molecule has 1 fully saturated rings. The van der Waals surface area contributed by atoms with Gasteiger partial charge in [-0.05, 0) is 23.3 Å². The molecular formula is C18H21NO3. The molecule has 2 atom stereocenters. The lowest BCUT2D eigenvalue weighted by molar-refractivity contribution is -0.145. The van der Waals surface area contributed by atoms with Crippen LogP contribution in [0.1, 0.15) is 12.5 Å². The summed E-state index contributed by atoms with van der Waals surface area (Å²) in [6.45, 7) is 2.87. The fourth-order valence-corrected chi connectivity index (χ4v) is 2.90. The van der Waals surface area contributed by atoms with Crippen LogP contribution in [0, 0.1) is 0 Å². The number of ether oxygens (including phenoxy) is 1. The lowest BCUT2D eigenvalue weighted by Crippen LogP contribution is -2.52. The second-order valence-corrected chi connectivity index (χ2v) is 5.89. The molecule has 0 aliphatic carbocycles. The van der Waals surface area contributed by atoms with Crippen LogP contribution in [-0.4, -0.2) is 47.8 Å². The van der Waals surface area contributed by atoms with Crippen molar-refractivity contribution in [1.82, 2.24) is 4.90 Å². The SMILES string of the molecule is CC1COC(CO)CN1C(=O)Cc1ccc2ccccc2c1. The van der Waals surface area contributed by atoms with E-state index >= 15 is 0 Å². The van der Waals surface area contributed by atoms with Crippen molar-refractivity contribution in [3.8, 4) is 0 Å². The van der Waals surface area contributed by atoms with E-state index in [1.807, 2.05) is 30.0 Å². The molecule has 1 amide bonds. The number of benzene rings is 2. The van der Waals surface area contributed by atoms with Crippen molar-refractivity contribution in [2.45, 2.75) is 25.5 Å². The summed E-state index contributed by atoms with van der Waals surface area (Å²) in [6, 6.07) is 14.3. The van der Waals surface area contributed by atoms with Gasteiger partial charge in [0.1, 0.15) is 0 Å². The summed E-state index contributed by atoms with van der Waals surface area (Å²) in [7, 11) is 0. The number of aliphatic hydroxyl groups excluding tert-OH is 1. The summed E-state index contributed by atoms with van der Waals surface area (Å²) in [6.07, 6.45) is 0.115. The van der Waals surface area contributed by atoms with Crippen molar-refractivity contribution >= 4 is 16.7 Å². The van der Waals surface area contributed by atoms with Gasteiger partial charge in [0.2, 0.25) is 5.91 Å². The molecule has 1 aliphatic rings. The lowest BCUT2D eigenvalue weighted by Gasteiger charge is -2.37. The molecule has 22 heavy (non-hydrogen) atoms. The fourth-order valence-electron chi connectivity index (χ4n) is 2.90. The molecular weight excluding hydrogens is 278 g/mol. The molecule has 0 spiro atoms. The third-order valence-electron chi connectivity index (χ3n) is 4.20. The van der Waals surface area contributed by atoms with Gasteiger partial charge in [0, 0.05) is 6.54 Å². The summed E-state index contributed by atoms with van der Waals surface area (Å²) in [5.41, 5.74) is 1.02. The van der Waals surface area contributed by atoms with E-state index in [0.29, 0.717) is 19.6 Å². The van der Waals surface area contributed by atoms with Crippen molar-refractivity contribution in [1.29, 1.82) is 0 Å². The first-order valence-electron chi connectivity index (χ1n) is 7.67. The van der Waals surface area contributed by atoms with E-state index in [9.17, 15) is 9.90 Å². The molecule has 1 saturated heterocycles. The topological polar surface area (TPSA) is 49.8 Å². The van der Waals surface area contributed by atoms with Gasteiger partial charge in [-0.1, -0.05) is 42.5 Å². The molecule has 1 N–H and O–H groups in total. The Morgan fingerprint density at radius 1 is 1.27 bits per heavy atom. The Bertz CT molecular complexity index is 670. The Morgan fingerprint density at radius 2 is 2.05 bits per heavy atom. The van der Waals surface area contributed by atoms with Crippen molar-refractivity contribution < 1.29 is 14.6 Å². The molecule has 1 heterocycles. The maximum Gasteiger partial charge on any atom is 0.227 e. The Labute approximate surface area is 130 Å². The average molecular weight is 299 g/mol.